The van der Waals surface area contributed by atoms with E-state index in [0.717, 1.165) is 16.5 Å². The number of carbonyl (C=O) groups excluding carboxylic acids is 3. The van der Waals surface area contributed by atoms with E-state index in [0.29, 0.717) is 11.1 Å². The summed E-state index contributed by atoms with van der Waals surface area (Å²) < 4.78 is 5.05. The Balaban J connectivity index is 1.56. The lowest BCUT2D eigenvalue weighted by atomic mass is 10.1. The van der Waals surface area contributed by atoms with Gasteiger partial charge in [-0.2, -0.15) is 0 Å². The molecule has 0 fully saturated rings. The van der Waals surface area contributed by atoms with Crippen LogP contribution in [0.1, 0.15) is 21.5 Å². The Morgan fingerprint density at radius 1 is 1.03 bits per heavy atom. The molecule has 0 saturated carbocycles. The van der Waals surface area contributed by atoms with Gasteiger partial charge in [0.2, 0.25) is 5.91 Å². The smallest absolute Gasteiger partial charge is 0.342 e. The molecule has 0 unspecified atom stereocenters. The number of anilines is 1. The number of ether oxygens (including phenoxy) is 1. The van der Waals surface area contributed by atoms with Crippen molar-refractivity contribution < 1.29 is 24.2 Å². The van der Waals surface area contributed by atoms with Gasteiger partial charge >= 0.3 is 5.97 Å². The molecule has 0 spiro atoms. The maximum Gasteiger partial charge on any atom is 0.342 e. The SMILES string of the molecule is Cc1ccc(C)c(NC(=O)CN(C)C(=O)COC(=O)c2ccc3ccccc3c2O)c1. The van der Waals surface area contributed by atoms with Crippen LogP contribution in [0.3, 0.4) is 0 Å². The van der Waals surface area contributed by atoms with E-state index in [1.54, 1.807) is 18.2 Å². The van der Waals surface area contributed by atoms with Crippen LogP contribution in [-0.2, 0) is 14.3 Å². The van der Waals surface area contributed by atoms with Crippen LogP contribution in [-0.4, -0.2) is 48.0 Å². The fourth-order valence-electron chi connectivity index (χ4n) is 3.10. The molecule has 3 rings (SSSR count). The van der Waals surface area contributed by atoms with Crippen molar-refractivity contribution in [2.45, 2.75) is 13.8 Å². The van der Waals surface area contributed by atoms with E-state index in [1.165, 1.54) is 18.0 Å². The molecule has 0 aliphatic rings. The molecule has 0 radical (unpaired) electrons. The first-order valence-corrected chi connectivity index (χ1v) is 9.75. The van der Waals surface area contributed by atoms with E-state index in [4.69, 9.17) is 4.74 Å². The molecule has 160 valence electrons. The number of phenols is 1. The first kappa shape index (κ1) is 21.8. The van der Waals surface area contributed by atoms with Crippen LogP contribution in [0, 0.1) is 13.8 Å². The Bertz CT molecular complexity index is 1160. The summed E-state index contributed by atoms with van der Waals surface area (Å²) in [7, 11) is 1.45. The number of hydrogen-bond acceptors (Lipinski definition) is 5. The molecule has 0 atom stereocenters. The summed E-state index contributed by atoms with van der Waals surface area (Å²) in [4.78, 5) is 38.1. The molecular weight excluding hydrogens is 396 g/mol. The molecule has 0 aliphatic heterocycles. The lowest BCUT2D eigenvalue weighted by Gasteiger charge is -2.17. The standard InChI is InChI=1S/C24H24N2O5/c1-15-8-9-16(2)20(12-15)25-21(27)13-26(3)22(28)14-31-24(30)19-11-10-17-6-4-5-7-18(17)23(19)29/h4-12,29H,13-14H2,1-3H3,(H,25,27). The normalized spacial score (nSPS) is 10.5. The second-order valence-corrected chi connectivity index (χ2v) is 7.38. The van der Waals surface area contributed by atoms with Gasteiger partial charge in [-0.05, 0) is 42.5 Å². The second kappa shape index (κ2) is 9.30. The van der Waals surface area contributed by atoms with E-state index >= 15 is 0 Å². The third-order valence-electron chi connectivity index (χ3n) is 4.92. The Morgan fingerprint density at radius 3 is 2.55 bits per heavy atom. The van der Waals surface area contributed by atoms with Gasteiger partial charge in [-0.3, -0.25) is 9.59 Å². The highest BCUT2D eigenvalue weighted by Gasteiger charge is 2.19. The maximum atomic E-state index is 12.3. The Kier molecular flexibility index (Phi) is 6.55. The van der Waals surface area contributed by atoms with E-state index in [-0.39, 0.29) is 23.8 Å². The summed E-state index contributed by atoms with van der Waals surface area (Å²) in [6, 6.07) is 15.9. The number of fused-ring (bicyclic) bond motifs is 1. The molecule has 2 N–H and O–H groups in total. The van der Waals surface area contributed by atoms with Crippen molar-refractivity contribution in [3.63, 3.8) is 0 Å². The van der Waals surface area contributed by atoms with E-state index in [1.807, 2.05) is 44.2 Å². The van der Waals surface area contributed by atoms with E-state index < -0.39 is 18.5 Å². The fraction of sp³-hybridized carbons (Fsp3) is 0.208. The number of aromatic hydroxyl groups is 1. The van der Waals surface area contributed by atoms with Crippen LogP contribution >= 0.6 is 0 Å². The number of aryl methyl sites for hydroxylation is 2. The first-order valence-electron chi connectivity index (χ1n) is 9.75. The predicted octanol–water partition coefficient (Wildman–Crippen LogP) is 3.42. The van der Waals surface area contributed by atoms with Gasteiger partial charge in [-0.1, -0.05) is 42.5 Å². The zero-order chi connectivity index (χ0) is 22.5. The van der Waals surface area contributed by atoms with E-state index in [2.05, 4.69) is 5.32 Å². The zero-order valence-corrected chi connectivity index (χ0v) is 17.6. The maximum absolute atomic E-state index is 12.3. The van der Waals surface area contributed by atoms with Crippen molar-refractivity contribution in [1.82, 2.24) is 4.90 Å². The van der Waals surface area contributed by atoms with Crippen LogP contribution < -0.4 is 5.32 Å². The third-order valence-corrected chi connectivity index (χ3v) is 4.92. The molecule has 3 aromatic rings. The lowest BCUT2D eigenvalue weighted by Crippen LogP contribution is -2.37. The number of phenolic OH excluding ortho intramolecular Hbond substituents is 1. The number of nitrogens with zero attached hydrogens (tertiary/aromatic N) is 1. The summed E-state index contributed by atoms with van der Waals surface area (Å²) in [5.74, 6) is -1.91. The van der Waals surface area contributed by atoms with Gasteiger partial charge in [0.15, 0.2) is 6.61 Å². The third kappa shape index (κ3) is 5.19. The Hall–Kier alpha value is -3.87. The average molecular weight is 420 g/mol. The van der Waals surface area contributed by atoms with Gasteiger partial charge in [0.05, 0.1) is 6.54 Å². The summed E-state index contributed by atoms with van der Waals surface area (Å²) >= 11 is 0. The molecule has 31 heavy (non-hydrogen) atoms. The Labute approximate surface area is 180 Å². The van der Waals surface area contributed by atoms with E-state index in [9.17, 15) is 19.5 Å². The van der Waals surface area contributed by atoms with Gasteiger partial charge in [0, 0.05) is 18.1 Å². The van der Waals surface area contributed by atoms with Crippen molar-refractivity contribution in [3.8, 4) is 5.75 Å². The molecule has 0 aliphatic carbocycles. The van der Waals surface area contributed by atoms with Gasteiger partial charge < -0.3 is 20.1 Å². The van der Waals surface area contributed by atoms with Crippen molar-refractivity contribution in [3.05, 3.63) is 71.3 Å². The zero-order valence-electron chi connectivity index (χ0n) is 17.6. The number of rotatable bonds is 6. The highest BCUT2D eigenvalue weighted by Crippen LogP contribution is 2.29. The number of benzene rings is 3. The molecule has 0 aromatic heterocycles. The summed E-state index contributed by atoms with van der Waals surface area (Å²) in [6.45, 7) is 3.07. The number of esters is 1. The monoisotopic (exact) mass is 420 g/mol. The molecule has 7 nitrogen and oxygen atoms in total. The molecule has 7 heteroatoms. The van der Waals surface area contributed by atoms with Crippen LogP contribution in [0.5, 0.6) is 5.75 Å². The number of nitrogens with one attached hydrogen (secondary N) is 1. The van der Waals surface area contributed by atoms with Gasteiger partial charge in [0.25, 0.3) is 5.91 Å². The summed E-state index contributed by atoms with van der Waals surface area (Å²) in [5.41, 5.74) is 2.58. The van der Waals surface area contributed by atoms with Crippen LogP contribution in [0.2, 0.25) is 0 Å². The quantitative estimate of drug-likeness (QED) is 0.596. The highest BCUT2D eigenvalue weighted by atomic mass is 16.5. The van der Waals surface area contributed by atoms with Crippen LogP contribution in [0.15, 0.2) is 54.6 Å². The van der Waals surface area contributed by atoms with Gasteiger partial charge in [-0.15, -0.1) is 0 Å². The van der Waals surface area contributed by atoms with Crippen molar-refractivity contribution >= 4 is 34.2 Å². The minimum atomic E-state index is -0.815. The largest absolute Gasteiger partial charge is 0.506 e. The number of carbonyl (C=O) groups is 3. The molecule has 0 bridgehead atoms. The number of hydrogen-bond donors (Lipinski definition) is 2. The molecular formula is C24H24N2O5. The van der Waals surface area contributed by atoms with Crippen molar-refractivity contribution in [1.29, 1.82) is 0 Å². The fourth-order valence-corrected chi connectivity index (χ4v) is 3.10. The second-order valence-electron chi connectivity index (χ2n) is 7.38. The number of likely N-dealkylation sites (N-methyl/N-ethyl adjacent to an activating group) is 1. The van der Waals surface area contributed by atoms with Crippen molar-refractivity contribution in [2.75, 3.05) is 25.5 Å². The lowest BCUT2D eigenvalue weighted by molar-refractivity contribution is -0.136. The molecule has 2 amide bonds. The minimum Gasteiger partial charge on any atom is -0.506 e. The molecule has 0 heterocycles. The van der Waals surface area contributed by atoms with Crippen LogP contribution in [0.4, 0.5) is 5.69 Å². The van der Waals surface area contributed by atoms with Crippen molar-refractivity contribution in [2.24, 2.45) is 0 Å². The van der Waals surface area contributed by atoms with Gasteiger partial charge in [-0.25, -0.2) is 4.79 Å². The number of amides is 2. The van der Waals surface area contributed by atoms with Crippen LogP contribution in [0.25, 0.3) is 10.8 Å². The first-order chi connectivity index (χ1) is 14.8. The summed E-state index contributed by atoms with van der Waals surface area (Å²) in [6.07, 6.45) is 0. The molecule has 3 aromatic carbocycles. The topological polar surface area (TPSA) is 95.9 Å². The molecule has 0 saturated heterocycles. The average Bonchev–Trinajstić information content (AvgIpc) is 2.74. The highest BCUT2D eigenvalue weighted by molar-refractivity contribution is 6.02. The van der Waals surface area contributed by atoms with Gasteiger partial charge in [0.1, 0.15) is 11.3 Å². The summed E-state index contributed by atoms with van der Waals surface area (Å²) in [5, 5.41) is 14.4. The predicted molar refractivity (Wildman–Crippen MR) is 118 cm³/mol. The minimum absolute atomic E-state index is 0.0261. The Morgan fingerprint density at radius 2 is 1.77 bits per heavy atom.